The third-order valence-corrected chi connectivity index (χ3v) is 5.92. The van der Waals surface area contributed by atoms with Gasteiger partial charge in [-0.05, 0) is 50.0 Å². The van der Waals surface area contributed by atoms with Gasteiger partial charge in [0.05, 0.1) is 12.2 Å². The molecule has 0 aromatic carbocycles. The molecule has 0 saturated carbocycles. The molecule has 1 aromatic rings. The van der Waals surface area contributed by atoms with E-state index >= 15 is 0 Å². The lowest BCUT2D eigenvalue weighted by Crippen LogP contribution is -2.22. The van der Waals surface area contributed by atoms with Crippen LogP contribution >= 0.6 is 11.3 Å². The van der Waals surface area contributed by atoms with Gasteiger partial charge in [-0.2, -0.15) is 0 Å². The molecule has 1 aliphatic rings. The Morgan fingerprint density at radius 2 is 2.00 bits per heavy atom. The van der Waals surface area contributed by atoms with E-state index in [2.05, 4.69) is 12.2 Å². The van der Waals surface area contributed by atoms with E-state index in [1.54, 1.807) is 11.3 Å². The van der Waals surface area contributed by atoms with Gasteiger partial charge in [-0.15, -0.1) is 11.3 Å². The lowest BCUT2D eigenvalue weighted by atomic mass is 9.88. The van der Waals surface area contributed by atoms with Gasteiger partial charge in [0.2, 0.25) is 5.91 Å². The zero-order valence-corrected chi connectivity index (χ0v) is 16.1. The van der Waals surface area contributed by atoms with Crippen molar-refractivity contribution in [1.82, 2.24) is 0 Å². The fourth-order valence-electron chi connectivity index (χ4n) is 3.20. The SMILES string of the molecule is CCCOC(=O)c1c(NC(=O)C(CC)CC)sc2c1CCC(C)C2. The monoisotopic (exact) mass is 351 g/mol. The summed E-state index contributed by atoms with van der Waals surface area (Å²) in [5.74, 6) is 0.334. The minimum absolute atomic E-state index is 0.0104. The number of thiophene rings is 1. The zero-order chi connectivity index (χ0) is 17.7. The van der Waals surface area contributed by atoms with E-state index in [0.29, 0.717) is 23.1 Å². The van der Waals surface area contributed by atoms with Crippen LogP contribution in [0.4, 0.5) is 5.00 Å². The fraction of sp³-hybridized carbons (Fsp3) is 0.684. The van der Waals surface area contributed by atoms with E-state index in [4.69, 9.17) is 4.74 Å². The first-order valence-electron chi connectivity index (χ1n) is 9.14. The molecular formula is C19H29NO3S. The number of ether oxygens (including phenoxy) is 1. The van der Waals surface area contributed by atoms with Crippen LogP contribution in [0.25, 0.3) is 0 Å². The van der Waals surface area contributed by atoms with E-state index in [1.807, 2.05) is 20.8 Å². The van der Waals surface area contributed by atoms with Crippen molar-refractivity contribution in [2.75, 3.05) is 11.9 Å². The van der Waals surface area contributed by atoms with Crippen molar-refractivity contribution in [2.24, 2.45) is 11.8 Å². The minimum Gasteiger partial charge on any atom is -0.462 e. The maximum atomic E-state index is 12.6. The summed E-state index contributed by atoms with van der Waals surface area (Å²) in [6.07, 6.45) is 5.36. The predicted octanol–water partition coefficient (Wildman–Crippen LogP) is 4.81. The summed E-state index contributed by atoms with van der Waals surface area (Å²) in [5.41, 5.74) is 1.70. The van der Waals surface area contributed by atoms with Gasteiger partial charge in [-0.3, -0.25) is 4.79 Å². The molecule has 1 amide bonds. The number of amides is 1. The number of anilines is 1. The number of carbonyl (C=O) groups excluding carboxylic acids is 2. The van der Waals surface area contributed by atoms with Crippen LogP contribution in [0.2, 0.25) is 0 Å². The number of carbonyl (C=O) groups is 2. The lowest BCUT2D eigenvalue weighted by Gasteiger charge is -2.18. The van der Waals surface area contributed by atoms with Gasteiger partial charge >= 0.3 is 5.97 Å². The fourth-order valence-corrected chi connectivity index (χ4v) is 4.60. The van der Waals surface area contributed by atoms with Gasteiger partial charge in [0.15, 0.2) is 0 Å². The highest BCUT2D eigenvalue weighted by Crippen LogP contribution is 2.40. The highest BCUT2D eigenvalue weighted by molar-refractivity contribution is 7.17. The van der Waals surface area contributed by atoms with Crippen LogP contribution < -0.4 is 5.32 Å². The van der Waals surface area contributed by atoms with E-state index in [1.165, 1.54) is 4.88 Å². The van der Waals surface area contributed by atoms with E-state index in [9.17, 15) is 9.59 Å². The second-order valence-corrected chi connectivity index (χ2v) is 7.80. The van der Waals surface area contributed by atoms with Crippen LogP contribution in [0.15, 0.2) is 0 Å². The average molecular weight is 352 g/mol. The molecular weight excluding hydrogens is 322 g/mol. The predicted molar refractivity (Wildman–Crippen MR) is 98.8 cm³/mol. The first-order valence-corrected chi connectivity index (χ1v) is 9.95. The average Bonchev–Trinajstić information content (AvgIpc) is 2.90. The lowest BCUT2D eigenvalue weighted by molar-refractivity contribution is -0.120. The maximum Gasteiger partial charge on any atom is 0.341 e. The molecule has 4 nitrogen and oxygen atoms in total. The highest BCUT2D eigenvalue weighted by Gasteiger charge is 2.29. The molecule has 5 heteroatoms. The van der Waals surface area contributed by atoms with Crippen LogP contribution in [0, 0.1) is 11.8 Å². The van der Waals surface area contributed by atoms with Crippen LogP contribution in [0.1, 0.15) is 74.2 Å². The Kier molecular flexibility index (Phi) is 6.84. The number of fused-ring (bicyclic) bond motifs is 1. The topological polar surface area (TPSA) is 55.4 Å². The normalized spacial score (nSPS) is 16.8. The van der Waals surface area contributed by atoms with Crippen LogP contribution in [0.5, 0.6) is 0 Å². The van der Waals surface area contributed by atoms with Gasteiger partial charge < -0.3 is 10.1 Å². The van der Waals surface area contributed by atoms with Crippen molar-refractivity contribution in [3.63, 3.8) is 0 Å². The van der Waals surface area contributed by atoms with Crippen molar-refractivity contribution in [3.8, 4) is 0 Å². The van der Waals surface area contributed by atoms with Crippen molar-refractivity contribution in [1.29, 1.82) is 0 Å². The molecule has 0 aliphatic heterocycles. The van der Waals surface area contributed by atoms with Crippen LogP contribution in [-0.4, -0.2) is 18.5 Å². The standard InChI is InChI=1S/C19H29NO3S/c1-5-10-23-19(22)16-14-9-8-12(4)11-15(14)24-18(16)20-17(21)13(6-2)7-3/h12-13H,5-11H2,1-4H3,(H,20,21). The van der Waals surface area contributed by atoms with Gasteiger partial charge in [0.25, 0.3) is 0 Å². The summed E-state index contributed by atoms with van der Waals surface area (Å²) < 4.78 is 5.38. The van der Waals surface area contributed by atoms with E-state index in [-0.39, 0.29) is 17.8 Å². The van der Waals surface area contributed by atoms with Gasteiger partial charge in [-0.1, -0.05) is 27.7 Å². The Morgan fingerprint density at radius 3 is 2.62 bits per heavy atom. The third kappa shape index (κ3) is 4.18. The Morgan fingerprint density at radius 1 is 1.29 bits per heavy atom. The summed E-state index contributed by atoms with van der Waals surface area (Å²) in [6.45, 7) is 8.67. The Balaban J connectivity index is 2.31. The molecule has 0 fully saturated rings. The first-order chi connectivity index (χ1) is 11.5. The summed E-state index contributed by atoms with van der Waals surface area (Å²) in [6, 6.07) is 0. The Bertz CT molecular complexity index is 590. The second kappa shape index (κ2) is 8.65. The number of hydrogen-bond donors (Lipinski definition) is 1. The molecule has 0 radical (unpaired) electrons. The van der Waals surface area contributed by atoms with Crippen LogP contribution in [0.3, 0.4) is 0 Å². The molecule has 1 heterocycles. The Labute approximate surface area is 149 Å². The van der Waals surface area contributed by atoms with Crippen molar-refractivity contribution < 1.29 is 14.3 Å². The molecule has 0 saturated heterocycles. The number of nitrogens with one attached hydrogen (secondary N) is 1. The van der Waals surface area contributed by atoms with Crippen molar-refractivity contribution in [2.45, 2.75) is 66.2 Å². The quantitative estimate of drug-likeness (QED) is 0.717. The van der Waals surface area contributed by atoms with Gasteiger partial charge in [0.1, 0.15) is 5.00 Å². The first kappa shape index (κ1) is 19.0. The molecule has 1 aromatic heterocycles. The maximum absolute atomic E-state index is 12.6. The van der Waals surface area contributed by atoms with E-state index < -0.39 is 0 Å². The highest BCUT2D eigenvalue weighted by atomic mass is 32.1. The van der Waals surface area contributed by atoms with Gasteiger partial charge in [-0.25, -0.2) is 4.79 Å². The zero-order valence-electron chi connectivity index (χ0n) is 15.2. The van der Waals surface area contributed by atoms with Crippen molar-refractivity contribution in [3.05, 3.63) is 16.0 Å². The minimum atomic E-state index is -0.288. The summed E-state index contributed by atoms with van der Waals surface area (Å²) in [7, 11) is 0. The Hall–Kier alpha value is -1.36. The summed E-state index contributed by atoms with van der Waals surface area (Å²) >= 11 is 1.56. The number of rotatable bonds is 7. The largest absolute Gasteiger partial charge is 0.462 e. The molecule has 2 rings (SSSR count). The third-order valence-electron chi connectivity index (χ3n) is 4.75. The molecule has 0 spiro atoms. The number of hydrogen-bond acceptors (Lipinski definition) is 4. The van der Waals surface area contributed by atoms with Gasteiger partial charge in [0, 0.05) is 10.8 Å². The smallest absolute Gasteiger partial charge is 0.341 e. The summed E-state index contributed by atoms with van der Waals surface area (Å²) in [4.78, 5) is 26.3. The molecule has 134 valence electrons. The van der Waals surface area contributed by atoms with Crippen LogP contribution in [-0.2, 0) is 22.4 Å². The second-order valence-electron chi connectivity index (χ2n) is 6.69. The molecule has 1 atom stereocenters. The molecule has 1 unspecified atom stereocenters. The van der Waals surface area contributed by atoms with E-state index in [0.717, 1.165) is 44.1 Å². The van der Waals surface area contributed by atoms with Crippen molar-refractivity contribution >= 4 is 28.2 Å². The molecule has 0 bridgehead atoms. The molecule has 24 heavy (non-hydrogen) atoms. The molecule has 1 N–H and O–H groups in total. The summed E-state index contributed by atoms with van der Waals surface area (Å²) in [5, 5.41) is 3.71. The molecule has 1 aliphatic carbocycles. The number of esters is 1.